The highest BCUT2D eigenvalue weighted by Crippen LogP contribution is 2.24. The first kappa shape index (κ1) is 13.0. The SMILES string of the molecule is CCc1ccc(-n2c(=S)[nH]c3ccc(F)c(F)c32)cc1. The Morgan fingerprint density at radius 2 is 1.80 bits per heavy atom. The topological polar surface area (TPSA) is 20.7 Å². The highest BCUT2D eigenvalue weighted by Gasteiger charge is 2.14. The number of fused-ring (bicyclic) bond motifs is 1. The largest absolute Gasteiger partial charge is 0.330 e. The number of nitrogens with one attached hydrogen (secondary N) is 1. The molecule has 1 N–H and O–H groups in total. The van der Waals surface area contributed by atoms with Gasteiger partial charge in [-0.3, -0.25) is 4.57 Å². The lowest BCUT2D eigenvalue weighted by atomic mass is 10.1. The van der Waals surface area contributed by atoms with Gasteiger partial charge in [0.1, 0.15) is 5.52 Å². The lowest BCUT2D eigenvalue weighted by Crippen LogP contribution is -1.97. The van der Waals surface area contributed by atoms with Gasteiger partial charge in [0.2, 0.25) is 0 Å². The van der Waals surface area contributed by atoms with Gasteiger partial charge in [-0.15, -0.1) is 0 Å². The van der Waals surface area contributed by atoms with Crippen LogP contribution in [0.25, 0.3) is 16.7 Å². The summed E-state index contributed by atoms with van der Waals surface area (Å²) in [6.07, 6.45) is 0.919. The van der Waals surface area contributed by atoms with Crippen molar-refractivity contribution < 1.29 is 8.78 Å². The number of imidazole rings is 1. The Morgan fingerprint density at radius 3 is 2.45 bits per heavy atom. The number of rotatable bonds is 2. The molecule has 3 rings (SSSR count). The van der Waals surface area contributed by atoms with Gasteiger partial charge in [0.25, 0.3) is 0 Å². The maximum absolute atomic E-state index is 14.0. The molecule has 2 aromatic carbocycles. The highest BCUT2D eigenvalue weighted by molar-refractivity contribution is 7.71. The van der Waals surface area contributed by atoms with Crippen LogP contribution in [0.4, 0.5) is 8.78 Å². The molecular weight excluding hydrogens is 278 g/mol. The molecule has 1 aromatic heterocycles. The molecule has 0 radical (unpaired) electrons. The molecule has 0 aliphatic carbocycles. The Labute approximate surface area is 119 Å². The van der Waals surface area contributed by atoms with Crippen molar-refractivity contribution in [2.24, 2.45) is 0 Å². The fourth-order valence-electron chi connectivity index (χ4n) is 2.26. The van der Waals surface area contributed by atoms with Crippen LogP contribution in [-0.4, -0.2) is 9.55 Å². The highest BCUT2D eigenvalue weighted by atomic mass is 32.1. The number of aromatic amines is 1. The van der Waals surface area contributed by atoms with E-state index in [0.29, 0.717) is 16.0 Å². The smallest absolute Gasteiger partial charge is 0.184 e. The van der Waals surface area contributed by atoms with Gasteiger partial charge >= 0.3 is 0 Å². The minimum atomic E-state index is -0.894. The molecule has 0 saturated carbocycles. The van der Waals surface area contributed by atoms with Gasteiger partial charge in [0.05, 0.1) is 5.52 Å². The number of H-pyrrole nitrogens is 1. The number of aryl methyl sites for hydroxylation is 1. The van der Waals surface area contributed by atoms with Crippen molar-refractivity contribution in [1.29, 1.82) is 0 Å². The van der Waals surface area contributed by atoms with E-state index in [2.05, 4.69) is 11.9 Å². The fraction of sp³-hybridized carbons (Fsp3) is 0.133. The maximum atomic E-state index is 14.0. The second-order valence-electron chi connectivity index (χ2n) is 4.54. The van der Waals surface area contributed by atoms with E-state index in [1.807, 2.05) is 24.3 Å². The number of hydrogen-bond donors (Lipinski definition) is 1. The summed E-state index contributed by atoms with van der Waals surface area (Å²) in [6.45, 7) is 2.06. The van der Waals surface area contributed by atoms with Crippen LogP contribution in [0.2, 0.25) is 0 Å². The molecule has 0 fully saturated rings. The van der Waals surface area contributed by atoms with Crippen LogP contribution >= 0.6 is 12.2 Å². The van der Waals surface area contributed by atoms with E-state index in [9.17, 15) is 8.78 Å². The van der Waals surface area contributed by atoms with Crippen molar-refractivity contribution in [1.82, 2.24) is 9.55 Å². The summed E-state index contributed by atoms with van der Waals surface area (Å²) in [7, 11) is 0. The summed E-state index contributed by atoms with van der Waals surface area (Å²) in [5.41, 5.74) is 2.50. The van der Waals surface area contributed by atoms with Gasteiger partial charge in [-0.1, -0.05) is 19.1 Å². The van der Waals surface area contributed by atoms with Gasteiger partial charge in [0, 0.05) is 5.69 Å². The molecular formula is C15H12F2N2S. The Hall–Kier alpha value is -2.01. The summed E-state index contributed by atoms with van der Waals surface area (Å²) >= 11 is 5.22. The van der Waals surface area contributed by atoms with Crippen LogP contribution < -0.4 is 0 Å². The molecule has 0 atom stereocenters. The predicted octanol–water partition coefficient (Wildman–Crippen LogP) is 4.53. The minimum Gasteiger partial charge on any atom is -0.330 e. The van der Waals surface area contributed by atoms with E-state index in [0.717, 1.165) is 12.5 Å². The number of nitrogens with zero attached hydrogens (tertiary/aromatic N) is 1. The predicted molar refractivity (Wildman–Crippen MR) is 77.8 cm³/mol. The summed E-state index contributed by atoms with van der Waals surface area (Å²) in [5.74, 6) is -1.78. The van der Waals surface area contributed by atoms with Crippen LogP contribution in [-0.2, 0) is 6.42 Å². The molecule has 5 heteroatoms. The van der Waals surface area contributed by atoms with E-state index < -0.39 is 11.6 Å². The third-order valence-corrected chi connectivity index (χ3v) is 3.62. The van der Waals surface area contributed by atoms with Crippen LogP contribution in [0.1, 0.15) is 12.5 Å². The van der Waals surface area contributed by atoms with E-state index in [1.54, 1.807) is 0 Å². The normalized spacial score (nSPS) is 11.2. The molecule has 0 unspecified atom stereocenters. The molecule has 0 spiro atoms. The average Bonchev–Trinajstić information content (AvgIpc) is 2.80. The second kappa shape index (κ2) is 4.83. The zero-order chi connectivity index (χ0) is 14.3. The van der Waals surface area contributed by atoms with Crippen LogP contribution in [0.5, 0.6) is 0 Å². The molecule has 0 aliphatic rings. The van der Waals surface area contributed by atoms with E-state index >= 15 is 0 Å². The molecule has 3 aromatic rings. The van der Waals surface area contributed by atoms with Crippen molar-refractivity contribution in [2.75, 3.05) is 0 Å². The molecule has 0 amide bonds. The molecule has 1 heterocycles. The van der Waals surface area contributed by atoms with Crippen LogP contribution in [0.3, 0.4) is 0 Å². The van der Waals surface area contributed by atoms with Gasteiger partial charge in [0.15, 0.2) is 16.4 Å². The second-order valence-corrected chi connectivity index (χ2v) is 4.93. The standard InChI is InChI=1S/C15H12F2N2S/c1-2-9-3-5-10(6-4-9)19-14-12(18-15(19)20)8-7-11(16)13(14)17/h3-8H,2H2,1H3,(H,18,20). The summed E-state index contributed by atoms with van der Waals surface area (Å²) < 4.78 is 29.3. The van der Waals surface area contributed by atoms with Crippen molar-refractivity contribution in [3.05, 3.63) is 58.4 Å². The van der Waals surface area contributed by atoms with Crippen LogP contribution in [0, 0.1) is 16.4 Å². The first-order valence-electron chi connectivity index (χ1n) is 6.30. The van der Waals surface area contributed by atoms with E-state index in [1.165, 1.54) is 16.2 Å². The molecule has 102 valence electrons. The Kier molecular flexibility index (Phi) is 3.14. The van der Waals surface area contributed by atoms with Crippen molar-refractivity contribution in [2.45, 2.75) is 13.3 Å². The van der Waals surface area contributed by atoms with Gasteiger partial charge in [-0.2, -0.15) is 0 Å². The van der Waals surface area contributed by atoms with Crippen molar-refractivity contribution in [3.63, 3.8) is 0 Å². The molecule has 0 bridgehead atoms. The summed E-state index contributed by atoms with van der Waals surface area (Å²) in [6, 6.07) is 10.2. The first-order chi connectivity index (χ1) is 9.61. The van der Waals surface area contributed by atoms with Crippen molar-refractivity contribution >= 4 is 23.3 Å². The number of aromatic nitrogens is 2. The monoisotopic (exact) mass is 290 g/mol. The zero-order valence-electron chi connectivity index (χ0n) is 10.8. The minimum absolute atomic E-state index is 0.138. The van der Waals surface area contributed by atoms with E-state index in [-0.39, 0.29) is 5.52 Å². The van der Waals surface area contributed by atoms with Crippen molar-refractivity contribution in [3.8, 4) is 5.69 Å². The number of benzene rings is 2. The first-order valence-corrected chi connectivity index (χ1v) is 6.70. The summed E-state index contributed by atoms with van der Waals surface area (Å²) in [5, 5.41) is 0. The molecule has 0 aliphatic heterocycles. The number of hydrogen-bond acceptors (Lipinski definition) is 1. The van der Waals surface area contributed by atoms with Gasteiger partial charge in [-0.25, -0.2) is 8.78 Å². The van der Waals surface area contributed by atoms with Crippen LogP contribution in [0.15, 0.2) is 36.4 Å². The lowest BCUT2D eigenvalue weighted by Gasteiger charge is -2.06. The van der Waals surface area contributed by atoms with E-state index in [4.69, 9.17) is 12.2 Å². The lowest BCUT2D eigenvalue weighted by molar-refractivity contribution is 0.514. The average molecular weight is 290 g/mol. The number of halogens is 2. The zero-order valence-corrected chi connectivity index (χ0v) is 11.6. The molecule has 20 heavy (non-hydrogen) atoms. The maximum Gasteiger partial charge on any atom is 0.184 e. The third-order valence-electron chi connectivity index (χ3n) is 3.34. The molecule has 2 nitrogen and oxygen atoms in total. The van der Waals surface area contributed by atoms with Gasteiger partial charge < -0.3 is 4.98 Å². The fourth-order valence-corrected chi connectivity index (χ4v) is 2.57. The molecule has 0 saturated heterocycles. The Morgan fingerprint density at radius 1 is 1.10 bits per heavy atom. The third kappa shape index (κ3) is 1.94. The quantitative estimate of drug-likeness (QED) is 0.688. The Bertz CT molecular complexity index is 831. The van der Waals surface area contributed by atoms with Gasteiger partial charge in [-0.05, 0) is 48.5 Å². The Balaban J connectivity index is 2.32. The summed E-state index contributed by atoms with van der Waals surface area (Å²) in [4.78, 5) is 2.89.